The Bertz CT molecular complexity index is 619. The van der Waals surface area contributed by atoms with Crippen LogP contribution in [0.15, 0.2) is 12.1 Å². The Hall–Kier alpha value is -1.97. The summed E-state index contributed by atoms with van der Waals surface area (Å²) in [4.78, 5) is 35.9. The normalized spacial score (nSPS) is 21.9. The average molecular weight is 287 g/mol. The van der Waals surface area contributed by atoms with Gasteiger partial charge in [-0.1, -0.05) is 24.6 Å². The van der Waals surface area contributed by atoms with Crippen molar-refractivity contribution in [2.75, 3.05) is 0 Å². The van der Waals surface area contributed by atoms with Crippen molar-refractivity contribution in [2.24, 2.45) is 11.7 Å². The molecular weight excluding hydrogens is 266 g/mol. The third-order valence-electron chi connectivity index (χ3n) is 4.19. The van der Waals surface area contributed by atoms with Gasteiger partial charge in [0.25, 0.3) is 0 Å². The first-order valence-electron chi connectivity index (χ1n) is 7.29. The summed E-state index contributed by atoms with van der Waals surface area (Å²) in [6, 6.07) is 4.03. The number of amides is 1. The van der Waals surface area contributed by atoms with Gasteiger partial charge in [-0.3, -0.25) is 14.4 Å². The number of carbonyl (C=O) groups excluding carboxylic acids is 3. The molecule has 1 saturated carbocycles. The van der Waals surface area contributed by atoms with E-state index in [2.05, 4.69) is 0 Å². The predicted octanol–water partition coefficient (Wildman–Crippen LogP) is 1.98. The number of hydrogen-bond donors (Lipinski definition) is 1. The van der Waals surface area contributed by atoms with Gasteiger partial charge >= 0.3 is 0 Å². The Morgan fingerprint density at radius 3 is 2.52 bits per heavy atom. The van der Waals surface area contributed by atoms with Gasteiger partial charge in [0.15, 0.2) is 5.78 Å². The van der Waals surface area contributed by atoms with Crippen molar-refractivity contribution in [3.63, 3.8) is 0 Å². The van der Waals surface area contributed by atoms with Crippen LogP contribution in [0.3, 0.4) is 0 Å². The van der Waals surface area contributed by atoms with Gasteiger partial charge in [-0.05, 0) is 37.0 Å². The summed E-state index contributed by atoms with van der Waals surface area (Å²) in [5.74, 6) is -2.04. The lowest BCUT2D eigenvalue weighted by molar-refractivity contribution is -0.127. The zero-order chi connectivity index (χ0) is 15.7. The maximum Gasteiger partial charge on any atom is 0.218 e. The summed E-state index contributed by atoms with van der Waals surface area (Å²) in [5, 5.41) is 0. The molecule has 2 rings (SSSR count). The highest BCUT2D eigenvalue weighted by molar-refractivity contribution is 6.15. The molecule has 4 heteroatoms. The van der Waals surface area contributed by atoms with E-state index in [0.29, 0.717) is 0 Å². The maximum absolute atomic E-state index is 12.5. The molecule has 0 saturated heterocycles. The van der Waals surface area contributed by atoms with Gasteiger partial charge in [0.1, 0.15) is 11.7 Å². The number of ketones is 2. The molecule has 2 atom stereocenters. The fourth-order valence-corrected chi connectivity index (χ4v) is 3.35. The van der Waals surface area contributed by atoms with Crippen LogP contribution in [0.25, 0.3) is 0 Å². The molecular formula is C17H21NO3. The molecule has 0 aliphatic heterocycles. The average Bonchev–Trinajstić information content (AvgIpc) is 2.64. The summed E-state index contributed by atoms with van der Waals surface area (Å²) in [6.45, 7) is 5.95. The second-order valence-electron chi connectivity index (χ2n) is 5.88. The first-order valence-corrected chi connectivity index (χ1v) is 7.29. The van der Waals surface area contributed by atoms with Gasteiger partial charge < -0.3 is 5.73 Å². The van der Waals surface area contributed by atoms with Gasteiger partial charge in [0.2, 0.25) is 5.91 Å². The molecule has 0 radical (unpaired) electrons. The van der Waals surface area contributed by atoms with Crippen LogP contribution in [0.5, 0.6) is 0 Å². The lowest BCUT2D eigenvalue weighted by atomic mass is 9.85. The van der Waals surface area contributed by atoms with Crippen LogP contribution in [0.1, 0.15) is 47.9 Å². The molecule has 1 aliphatic rings. The Morgan fingerprint density at radius 2 is 1.95 bits per heavy atom. The third-order valence-corrected chi connectivity index (χ3v) is 4.19. The summed E-state index contributed by atoms with van der Waals surface area (Å²) in [6.07, 6.45) is 0.867. The monoisotopic (exact) mass is 287 g/mol. The number of hydrogen-bond acceptors (Lipinski definition) is 3. The van der Waals surface area contributed by atoms with Crippen molar-refractivity contribution in [3.05, 3.63) is 34.4 Å². The molecule has 1 aromatic carbocycles. The lowest BCUT2D eigenvalue weighted by Crippen LogP contribution is -2.22. The van der Waals surface area contributed by atoms with Crippen molar-refractivity contribution < 1.29 is 14.4 Å². The zero-order valence-electron chi connectivity index (χ0n) is 12.7. The molecule has 2 unspecified atom stereocenters. The fraction of sp³-hybridized carbons (Fsp3) is 0.471. The molecule has 0 heterocycles. The standard InChI is InChI=1S/C17H21NO3/c1-4-11-6-9(2)5-10(3)15(11)16-13(19)7-12(17(16)21)8-14(18)20/h5-6,12,16H,4,7-8H2,1-3H3,(H2,18,20). The lowest BCUT2D eigenvalue weighted by Gasteiger charge is -2.17. The van der Waals surface area contributed by atoms with Crippen molar-refractivity contribution in [1.82, 2.24) is 0 Å². The Balaban J connectivity index is 2.45. The van der Waals surface area contributed by atoms with E-state index in [1.807, 2.05) is 32.9 Å². The molecule has 21 heavy (non-hydrogen) atoms. The highest BCUT2D eigenvalue weighted by Crippen LogP contribution is 2.37. The minimum atomic E-state index is -0.718. The van der Waals surface area contributed by atoms with Crippen molar-refractivity contribution >= 4 is 17.5 Å². The van der Waals surface area contributed by atoms with Crippen LogP contribution in [-0.2, 0) is 20.8 Å². The molecule has 0 spiro atoms. The number of primary amides is 1. The second-order valence-corrected chi connectivity index (χ2v) is 5.88. The number of rotatable bonds is 4. The van der Waals surface area contributed by atoms with Crippen LogP contribution in [0.2, 0.25) is 0 Å². The van der Waals surface area contributed by atoms with Crippen molar-refractivity contribution in [3.8, 4) is 0 Å². The summed E-state index contributed by atoms with van der Waals surface area (Å²) in [5.41, 5.74) is 9.14. The maximum atomic E-state index is 12.5. The van der Waals surface area contributed by atoms with Crippen molar-refractivity contribution in [1.29, 1.82) is 0 Å². The van der Waals surface area contributed by atoms with Gasteiger partial charge in [0, 0.05) is 18.8 Å². The van der Waals surface area contributed by atoms with E-state index in [1.54, 1.807) is 0 Å². The van der Waals surface area contributed by atoms with Crippen LogP contribution in [-0.4, -0.2) is 17.5 Å². The van der Waals surface area contributed by atoms with E-state index in [4.69, 9.17) is 5.73 Å². The fourth-order valence-electron chi connectivity index (χ4n) is 3.35. The van der Waals surface area contributed by atoms with E-state index in [1.165, 1.54) is 0 Å². The number of aryl methyl sites for hydroxylation is 3. The number of carbonyl (C=O) groups is 3. The van der Waals surface area contributed by atoms with Crippen LogP contribution in [0, 0.1) is 19.8 Å². The minimum absolute atomic E-state index is 0.0343. The highest BCUT2D eigenvalue weighted by Gasteiger charge is 2.43. The SMILES string of the molecule is CCc1cc(C)cc(C)c1C1C(=O)CC(CC(N)=O)C1=O. The second kappa shape index (κ2) is 5.80. The number of Topliss-reactive ketones (excluding diaryl/α,β-unsaturated/α-hetero) is 2. The van der Waals surface area contributed by atoms with Gasteiger partial charge in [0.05, 0.1) is 0 Å². The summed E-state index contributed by atoms with van der Waals surface area (Å²) >= 11 is 0. The minimum Gasteiger partial charge on any atom is -0.370 e. The molecule has 1 fully saturated rings. The summed E-state index contributed by atoms with van der Waals surface area (Å²) < 4.78 is 0. The van der Waals surface area contributed by atoms with Crippen molar-refractivity contribution in [2.45, 2.75) is 46.0 Å². The molecule has 1 aromatic rings. The quantitative estimate of drug-likeness (QED) is 0.860. The first-order chi connectivity index (χ1) is 9.85. The van der Waals surface area contributed by atoms with E-state index in [0.717, 1.165) is 28.7 Å². The van der Waals surface area contributed by atoms with E-state index in [-0.39, 0.29) is 24.4 Å². The molecule has 0 aromatic heterocycles. The summed E-state index contributed by atoms with van der Waals surface area (Å²) in [7, 11) is 0. The van der Waals surface area contributed by atoms with Crippen LogP contribution in [0.4, 0.5) is 0 Å². The number of benzene rings is 1. The van der Waals surface area contributed by atoms with Crippen LogP contribution >= 0.6 is 0 Å². The molecule has 2 N–H and O–H groups in total. The molecule has 4 nitrogen and oxygen atoms in total. The van der Waals surface area contributed by atoms with E-state index in [9.17, 15) is 14.4 Å². The first kappa shape index (κ1) is 15.4. The van der Waals surface area contributed by atoms with Crippen LogP contribution < -0.4 is 5.73 Å². The molecule has 112 valence electrons. The topological polar surface area (TPSA) is 77.2 Å². The predicted molar refractivity (Wildman–Crippen MR) is 80.0 cm³/mol. The third kappa shape index (κ3) is 2.89. The Morgan fingerprint density at radius 1 is 1.29 bits per heavy atom. The van der Waals surface area contributed by atoms with Gasteiger partial charge in [-0.15, -0.1) is 0 Å². The largest absolute Gasteiger partial charge is 0.370 e. The highest BCUT2D eigenvalue weighted by atomic mass is 16.2. The zero-order valence-corrected chi connectivity index (χ0v) is 12.7. The number of nitrogens with two attached hydrogens (primary N) is 1. The Labute approximate surface area is 124 Å². The Kier molecular flexibility index (Phi) is 4.26. The van der Waals surface area contributed by atoms with Gasteiger partial charge in [-0.2, -0.15) is 0 Å². The van der Waals surface area contributed by atoms with Gasteiger partial charge in [-0.25, -0.2) is 0 Å². The smallest absolute Gasteiger partial charge is 0.218 e. The molecule has 0 bridgehead atoms. The molecule has 1 aliphatic carbocycles. The molecule has 1 amide bonds. The van der Waals surface area contributed by atoms with E-state index < -0.39 is 17.7 Å². The van der Waals surface area contributed by atoms with E-state index >= 15 is 0 Å².